The van der Waals surface area contributed by atoms with Crippen molar-refractivity contribution in [2.24, 2.45) is 0 Å². The van der Waals surface area contributed by atoms with Crippen LogP contribution in [0.1, 0.15) is 73.5 Å². The minimum Gasteiger partial charge on any atom is -0.679 e. The van der Waals surface area contributed by atoms with Crippen LogP contribution in [0, 0.1) is 14.9 Å². The van der Waals surface area contributed by atoms with E-state index in [1.807, 2.05) is 24.3 Å². The van der Waals surface area contributed by atoms with Crippen molar-refractivity contribution in [2.45, 2.75) is 52.1 Å². The molecule has 0 bridgehead atoms. The van der Waals surface area contributed by atoms with E-state index in [2.05, 4.69) is 125 Å². The molecule has 218 valence electrons. The van der Waals surface area contributed by atoms with Gasteiger partial charge in [-0.1, -0.05) is 166 Å². The Balaban J connectivity index is 0.00000215. The van der Waals surface area contributed by atoms with Crippen molar-refractivity contribution >= 4 is 11.4 Å². The molecule has 1 heterocycles. The molecule has 0 spiro atoms. The first kappa shape index (κ1) is 35.7. The molecule has 4 heteroatoms. The molecule has 0 N–H and O–H groups in total. The zero-order valence-electron chi connectivity index (χ0n) is 26.3. The maximum Gasteiger partial charge on any atom is 4.00 e. The topological polar surface area (TPSA) is 41.1 Å². The largest absolute Gasteiger partial charge is 4.00 e. The van der Waals surface area contributed by atoms with Crippen LogP contribution < -0.4 is 0 Å². The van der Waals surface area contributed by atoms with Gasteiger partial charge in [0.2, 0.25) is 0 Å². The second-order valence-electron chi connectivity index (χ2n) is 10.8. The van der Waals surface area contributed by atoms with Crippen molar-refractivity contribution < 1.29 is 26.2 Å². The van der Waals surface area contributed by atoms with Gasteiger partial charge in [-0.15, -0.1) is 11.4 Å². The summed E-state index contributed by atoms with van der Waals surface area (Å²) in [6, 6.07) is 41.9. The van der Waals surface area contributed by atoms with Crippen LogP contribution in [0.25, 0.3) is 21.9 Å². The van der Waals surface area contributed by atoms with E-state index < -0.39 is 0 Å². The number of nitrogens with zero attached hydrogens (tertiary/aromatic N) is 3. The van der Waals surface area contributed by atoms with E-state index in [-0.39, 0.29) is 47.1 Å². The van der Waals surface area contributed by atoms with Crippen molar-refractivity contribution in [1.82, 2.24) is 4.98 Å². The maximum absolute atomic E-state index is 5.19. The van der Waals surface area contributed by atoms with Gasteiger partial charge in [0.05, 0.1) is 5.69 Å². The zero-order valence-corrected chi connectivity index (χ0v) is 28.8. The summed E-state index contributed by atoms with van der Waals surface area (Å²) >= 11 is 0. The summed E-state index contributed by atoms with van der Waals surface area (Å²) in [5.74, 6) is 0.818. The van der Waals surface area contributed by atoms with Gasteiger partial charge in [-0.2, -0.15) is 0 Å². The van der Waals surface area contributed by atoms with Gasteiger partial charge in [-0.25, -0.2) is 0 Å². The van der Waals surface area contributed by atoms with E-state index in [1.165, 1.54) is 11.1 Å². The number of rotatable bonds is 10. The first-order chi connectivity index (χ1) is 19.5. The van der Waals surface area contributed by atoms with Gasteiger partial charge in [0.15, 0.2) is 0 Å². The Morgan fingerprint density at radius 2 is 1.12 bits per heavy atom. The average Bonchev–Trinajstić information content (AvgIpc) is 2.99. The Morgan fingerprint density at radius 1 is 0.581 bits per heavy atom. The molecular formula is C39H43N3Zr. The predicted octanol–water partition coefficient (Wildman–Crippen LogP) is 11.9. The normalized spacial score (nSPS) is 11.1. The van der Waals surface area contributed by atoms with Crippen molar-refractivity contribution in [3.8, 4) is 11.3 Å². The van der Waals surface area contributed by atoms with Crippen molar-refractivity contribution in [1.29, 1.82) is 0 Å². The number of pyridine rings is 1. The van der Waals surface area contributed by atoms with Gasteiger partial charge < -0.3 is 25.5 Å². The maximum atomic E-state index is 5.19. The van der Waals surface area contributed by atoms with E-state index in [9.17, 15) is 0 Å². The number of benzene rings is 4. The Morgan fingerprint density at radius 3 is 1.74 bits per heavy atom. The van der Waals surface area contributed by atoms with Crippen LogP contribution in [0.4, 0.5) is 11.4 Å². The molecule has 0 aliphatic rings. The SMILES string of the molecule is CC(C)c1cccc(C(C)C)c1[N-]Cc1cccc(-c2ccccc2C([N-]c2ccccc2)c2ccccc2)n1.[CH3-].[CH3-].[Zr+4]. The van der Waals surface area contributed by atoms with Gasteiger partial charge in [-0.05, 0) is 29.5 Å². The van der Waals surface area contributed by atoms with E-state index >= 15 is 0 Å². The first-order valence-electron chi connectivity index (χ1n) is 14.2. The molecule has 5 aromatic rings. The van der Waals surface area contributed by atoms with Crippen LogP contribution in [-0.2, 0) is 32.7 Å². The molecular weight excluding hydrogens is 602 g/mol. The summed E-state index contributed by atoms with van der Waals surface area (Å²) in [4.78, 5) is 5.12. The second kappa shape index (κ2) is 17.0. The molecule has 0 aliphatic carbocycles. The summed E-state index contributed by atoms with van der Waals surface area (Å²) < 4.78 is 0. The molecule has 0 saturated carbocycles. The van der Waals surface area contributed by atoms with Crippen molar-refractivity contribution in [3.63, 3.8) is 0 Å². The minimum absolute atomic E-state index is 0. The molecule has 1 unspecified atom stereocenters. The predicted molar refractivity (Wildman–Crippen MR) is 182 cm³/mol. The fourth-order valence-electron chi connectivity index (χ4n) is 5.16. The summed E-state index contributed by atoms with van der Waals surface area (Å²) in [6.07, 6.45) is 0. The van der Waals surface area contributed by atoms with Gasteiger partial charge >= 0.3 is 26.2 Å². The smallest absolute Gasteiger partial charge is 0.679 e. The monoisotopic (exact) mass is 643 g/mol. The summed E-state index contributed by atoms with van der Waals surface area (Å²) in [7, 11) is 0. The molecule has 0 saturated heterocycles. The number of aromatic nitrogens is 1. The van der Waals surface area contributed by atoms with Gasteiger partial charge in [0, 0.05) is 11.3 Å². The number of hydrogen-bond donors (Lipinski definition) is 0. The van der Waals surface area contributed by atoms with Crippen LogP contribution >= 0.6 is 0 Å². The van der Waals surface area contributed by atoms with Crippen LogP contribution in [-0.4, -0.2) is 4.98 Å². The molecule has 43 heavy (non-hydrogen) atoms. The van der Waals surface area contributed by atoms with Crippen LogP contribution in [0.5, 0.6) is 0 Å². The van der Waals surface area contributed by atoms with E-state index in [0.29, 0.717) is 18.4 Å². The van der Waals surface area contributed by atoms with Crippen LogP contribution in [0.3, 0.4) is 0 Å². The van der Waals surface area contributed by atoms with Crippen LogP contribution in [0.2, 0.25) is 0 Å². The van der Waals surface area contributed by atoms with Crippen LogP contribution in [0.15, 0.2) is 121 Å². The Labute approximate surface area is 279 Å². The average molecular weight is 645 g/mol. The fraction of sp³-hybridized carbons (Fsp3) is 0.205. The third-order valence-electron chi connectivity index (χ3n) is 7.23. The van der Waals surface area contributed by atoms with Gasteiger partial charge in [0.25, 0.3) is 0 Å². The fourth-order valence-corrected chi connectivity index (χ4v) is 5.16. The Bertz CT molecular complexity index is 1500. The molecule has 1 atom stereocenters. The summed E-state index contributed by atoms with van der Waals surface area (Å²) in [5, 5.41) is 10.3. The van der Waals surface area contributed by atoms with E-state index in [4.69, 9.17) is 15.6 Å². The summed E-state index contributed by atoms with van der Waals surface area (Å²) in [5.41, 5.74) is 9.92. The first-order valence-corrected chi connectivity index (χ1v) is 14.2. The number of hydrogen-bond acceptors (Lipinski definition) is 1. The molecule has 0 radical (unpaired) electrons. The molecule has 0 aliphatic heterocycles. The third-order valence-corrected chi connectivity index (χ3v) is 7.23. The van der Waals surface area contributed by atoms with E-state index in [1.54, 1.807) is 0 Å². The summed E-state index contributed by atoms with van der Waals surface area (Å²) in [6.45, 7) is 9.47. The molecule has 4 aromatic carbocycles. The van der Waals surface area contributed by atoms with Crippen molar-refractivity contribution in [3.05, 3.63) is 175 Å². The Hall–Kier alpha value is -3.49. The molecule has 0 amide bonds. The molecule has 1 aromatic heterocycles. The molecule has 3 nitrogen and oxygen atoms in total. The standard InChI is InChI=1S/C37H37N3.2CH3.Zr/c1-26(2)31-22-14-23-32(27(3)4)37(31)38-25-30-19-13-24-35(39-30)33-20-11-12-21-34(33)36(28-15-7-5-8-16-28)40-29-17-9-6-10-18-29;;;/h5-24,26-27,36H,25H2,1-4H3;2*1H3;/q-2;2*-1;+4. The van der Waals surface area contributed by atoms with Gasteiger partial charge in [0.1, 0.15) is 0 Å². The third kappa shape index (κ3) is 8.77. The minimum atomic E-state index is -0.151. The Kier molecular flexibility index (Phi) is 14.1. The van der Waals surface area contributed by atoms with E-state index in [0.717, 1.165) is 39.5 Å². The van der Waals surface area contributed by atoms with Gasteiger partial charge in [-0.3, -0.25) is 4.98 Å². The second-order valence-corrected chi connectivity index (χ2v) is 10.8. The molecule has 5 rings (SSSR count). The zero-order chi connectivity index (χ0) is 27.9. The quantitative estimate of drug-likeness (QED) is 0.139. The van der Waals surface area contributed by atoms with Crippen molar-refractivity contribution in [2.75, 3.05) is 0 Å². The number of para-hydroxylation sites is 2. The molecule has 0 fully saturated rings.